The molecular formula is CH5AlOTi. The first kappa shape index (κ1) is 20.5. The van der Waals surface area contributed by atoms with Gasteiger partial charge in [0.2, 0.25) is 0 Å². The van der Waals surface area contributed by atoms with Crippen LogP contribution in [-0.2, 0) is 26.5 Å². The summed E-state index contributed by atoms with van der Waals surface area (Å²) >= 11 is 0. The Morgan fingerprint density at radius 1 is 1.25 bits per heavy atom. The molecule has 0 radical (unpaired) electrons. The maximum absolute atomic E-state index is 8.00. The predicted molar refractivity (Wildman–Crippen MR) is 17.1 cm³/mol. The maximum Gasteiger partial charge on any atom is 0.187 e. The fourth-order valence-corrected chi connectivity index (χ4v) is 0. The molecule has 0 rings (SSSR count). The van der Waals surface area contributed by atoms with Gasteiger partial charge < -0.3 is 4.79 Å². The van der Waals surface area contributed by atoms with Crippen LogP contribution in [0.1, 0.15) is 0 Å². The summed E-state index contributed by atoms with van der Waals surface area (Å²) in [6.07, 6.45) is 0. The van der Waals surface area contributed by atoms with Gasteiger partial charge in [0.25, 0.3) is 0 Å². The van der Waals surface area contributed by atoms with Crippen molar-refractivity contribution in [1.29, 1.82) is 0 Å². The van der Waals surface area contributed by atoms with Crippen LogP contribution in [0, 0.1) is 0 Å². The molecular weight excluding hydrogens is 103 g/mol. The van der Waals surface area contributed by atoms with Crippen molar-refractivity contribution in [3.63, 3.8) is 0 Å². The SMILES string of the molecule is C=O.[AlH3].[Ti]. The van der Waals surface area contributed by atoms with E-state index in [-0.39, 0.29) is 39.1 Å². The molecule has 0 aliphatic rings. The van der Waals surface area contributed by atoms with Gasteiger partial charge in [0.1, 0.15) is 6.79 Å². The largest absolute Gasteiger partial charge is 0.307 e. The summed E-state index contributed by atoms with van der Waals surface area (Å²) in [6, 6.07) is 0. The van der Waals surface area contributed by atoms with Crippen molar-refractivity contribution in [3.8, 4) is 0 Å². The molecule has 0 N–H and O–H groups in total. The predicted octanol–water partition coefficient (Wildman–Crippen LogP) is -1.37. The number of hydrogen-bond donors (Lipinski definition) is 0. The number of rotatable bonds is 0. The van der Waals surface area contributed by atoms with E-state index in [0.717, 1.165) is 0 Å². The smallest absolute Gasteiger partial charge is 0.187 e. The summed E-state index contributed by atoms with van der Waals surface area (Å²) in [5.74, 6) is 0. The first-order valence-corrected chi connectivity index (χ1v) is 0.289. The molecule has 0 aliphatic heterocycles. The van der Waals surface area contributed by atoms with Crippen LogP contribution in [0.5, 0.6) is 0 Å². The maximum atomic E-state index is 8.00. The average molecular weight is 108 g/mol. The van der Waals surface area contributed by atoms with Gasteiger partial charge in [-0.2, -0.15) is 0 Å². The van der Waals surface area contributed by atoms with Crippen LogP contribution < -0.4 is 0 Å². The van der Waals surface area contributed by atoms with E-state index in [2.05, 4.69) is 0 Å². The average Bonchev–Trinajstić information content (AvgIpc) is 1.00. The molecule has 0 atom stereocenters. The van der Waals surface area contributed by atoms with Gasteiger partial charge >= 0.3 is 0 Å². The minimum Gasteiger partial charge on any atom is -0.307 e. The van der Waals surface area contributed by atoms with Gasteiger partial charge in [-0.05, 0) is 0 Å². The van der Waals surface area contributed by atoms with Crippen molar-refractivity contribution in [1.82, 2.24) is 0 Å². The van der Waals surface area contributed by atoms with Crippen LogP contribution in [0.3, 0.4) is 0 Å². The van der Waals surface area contributed by atoms with Crippen LogP contribution in [0.15, 0.2) is 0 Å². The number of carbonyl (C=O) groups excluding carboxylic acids is 1. The van der Waals surface area contributed by atoms with Gasteiger partial charge in [-0.15, -0.1) is 0 Å². The van der Waals surface area contributed by atoms with E-state index in [9.17, 15) is 0 Å². The van der Waals surface area contributed by atoms with E-state index >= 15 is 0 Å². The van der Waals surface area contributed by atoms with Crippen LogP contribution >= 0.6 is 0 Å². The second-order valence-corrected chi connectivity index (χ2v) is 0. The Morgan fingerprint density at radius 2 is 1.25 bits per heavy atom. The van der Waals surface area contributed by atoms with Gasteiger partial charge in [-0.25, -0.2) is 0 Å². The van der Waals surface area contributed by atoms with E-state index < -0.39 is 0 Å². The molecule has 0 unspecified atom stereocenters. The van der Waals surface area contributed by atoms with E-state index in [1.165, 1.54) is 0 Å². The molecule has 0 aromatic heterocycles. The fraction of sp³-hybridized carbons (Fsp3) is 0. The number of carbonyl (C=O) groups is 1. The molecule has 0 aromatic rings. The van der Waals surface area contributed by atoms with Crippen molar-refractivity contribution in [2.45, 2.75) is 0 Å². The van der Waals surface area contributed by atoms with Gasteiger partial charge in [-0.1, -0.05) is 0 Å². The van der Waals surface area contributed by atoms with E-state index in [0.29, 0.717) is 0 Å². The standard InChI is InChI=1S/CH2O.Al.Ti.3H/c1-2;;;;;/h1H2;;;;;. The zero-order chi connectivity index (χ0) is 2.00. The van der Waals surface area contributed by atoms with E-state index in [1.807, 2.05) is 6.79 Å². The fourth-order valence-electron chi connectivity index (χ4n) is 0. The Bertz CT molecular complexity index is 8.00. The van der Waals surface area contributed by atoms with Crippen LogP contribution in [-0.4, -0.2) is 24.2 Å². The van der Waals surface area contributed by atoms with Crippen molar-refractivity contribution < 1.29 is 26.5 Å². The van der Waals surface area contributed by atoms with E-state index in [4.69, 9.17) is 4.79 Å². The zero-order valence-electron chi connectivity index (χ0n) is 1.62. The summed E-state index contributed by atoms with van der Waals surface area (Å²) in [6.45, 7) is 2.00. The Hall–Kier alpha value is 0.917. The Morgan fingerprint density at radius 3 is 1.25 bits per heavy atom. The molecule has 4 heavy (non-hydrogen) atoms. The summed E-state index contributed by atoms with van der Waals surface area (Å²) in [7, 11) is 0. The molecule has 0 saturated heterocycles. The molecule has 1 nitrogen and oxygen atoms in total. The van der Waals surface area contributed by atoms with Crippen molar-refractivity contribution in [2.24, 2.45) is 0 Å². The molecule has 22 valence electrons. The van der Waals surface area contributed by atoms with Crippen molar-refractivity contribution in [3.05, 3.63) is 0 Å². The number of hydrogen-bond acceptors (Lipinski definition) is 1. The molecule has 0 aliphatic carbocycles. The summed E-state index contributed by atoms with van der Waals surface area (Å²) in [5.41, 5.74) is 0. The Labute approximate surface area is 50.8 Å². The van der Waals surface area contributed by atoms with Crippen LogP contribution in [0.2, 0.25) is 0 Å². The topological polar surface area (TPSA) is 17.1 Å². The van der Waals surface area contributed by atoms with Gasteiger partial charge in [0.05, 0.1) is 0 Å². The van der Waals surface area contributed by atoms with Gasteiger partial charge in [0.15, 0.2) is 17.4 Å². The molecule has 0 amide bonds. The Balaban J connectivity index is -0.00000000500. The van der Waals surface area contributed by atoms with Crippen molar-refractivity contribution >= 4 is 24.2 Å². The minimum absolute atomic E-state index is 0. The van der Waals surface area contributed by atoms with Gasteiger partial charge in [0, 0.05) is 21.7 Å². The molecule has 0 aromatic carbocycles. The van der Waals surface area contributed by atoms with Gasteiger partial charge in [-0.3, -0.25) is 0 Å². The van der Waals surface area contributed by atoms with Crippen LogP contribution in [0.25, 0.3) is 0 Å². The first-order valence-electron chi connectivity index (χ1n) is 0.289. The molecule has 0 heterocycles. The third kappa shape index (κ3) is 12.8. The minimum atomic E-state index is 0. The molecule has 0 saturated carbocycles. The monoisotopic (exact) mass is 108 g/mol. The third-order valence-electron chi connectivity index (χ3n) is 0. The third-order valence-corrected chi connectivity index (χ3v) is 0. The molecule has 3 heteroatoms. The first-order chi connectivity index (χ1) is 1.00. The molecule has 0 bridgehead atoms. The summed E-state index contributed by atoms with van der Waals surface area (Å²) in [4.78, 5) is 8.00. The van der Waals surface area contributed by atoms with Crippen molar-refractivity contribution in [2.75, 3.05) is 0 Å². The second-order valence-electron chi connectivity index (χ2n) is 0. The zero-order valence-corrected chi connectivity index (χ0v) is 3.18. The molecule has 0 spiro atoms. The normalized spacial score (nSPS) is 1.00. The quantitative estimate of drug-likeness (QED) is 0.350. The Kier molecular flexibility index (Phi) is 203. The summed E-state index contributed by atoms with van der Waals surface area (Å²) < 4.78 is 0. The summed E-state index contributed by atoms with van der Waals surface area (Å²) in [5, 5.41) is 0. The second kappa shape index (κ2) is 39.6. The molecule has 0 fully saturated rings. The van der Waals surface area contributed by atoms with E-state index in [1.54, 1.807) is 0 Å². The van der Waals surface area contributed by atoms with Crippen LogP contribution in [0.4, 0.5) is 0 Å².